The number of nitrogens with two attached hydrogens (primary N) is 1. The van der Waals surface area contributed by atoms with Gasteiger partial charge in [0.05, 0.1) is 18.0 Å². The van der Waals surface area contributed by atoms with Crippen molar-refractivity contribution in [1.29, 1.82) is 0 Å². The largest absolute Gasteiger partial charge is 0.464 e. The Labute approximate surface area is 98.6 Å². The SMILES string of the molecule is Cn1nccc1C(N)c1coc2ccccc12. The molecule has 0 aliphatic heterocycles. The van der Waals surface area contributed by atoms with E-state index in [2.05, 4.69) is 5.10 Å². The van der Waals surface area contributed by atoms with Crippen LogP contribution in [0.2, 0.25) is 0 Å². The predicted octanol–water partition coefficient (Wildman–Crippen LogP) is 2.21. The lowest BCUT2D eigenvalue weighted by Crippen LogP contribution is -2.15. The molecule has 2 aromatic heterocycles. The molecule has 2 N–H and O–H groups in total. The van der Waals surface area contributed by atoms with E-state index in [1.807, 2.05) is 37.4 Å². The number of hydrogen-bond donors (Lipinski definition) is 1. The molecule has 1 atom stereocenters. The summed E-state index contributed by atoms with van der Waals surface area (Å²) in [6.45, 7) is 0. The van der Waals surface area contributed by atoms with Gasteiger partial charge in [0, 0.05) is 24.2 Å². The zero-order chi connectivity index (χ0) is 11.8. The summed E-state index contributed by atoms with van der Waals surface area (Å²) in [7, 11) is 1.89. The van der Waals surface area contributed by atoms with Crippen molar-refractivity contribution in [2.75, 3.05) is 0 Å². The van der Waals surface area contributed by atoms with Crippen LogP contribution in [0.4, 0.5) is 0 Å². The average molecular weight is 227 g/mol. The van der Waals surface area contributed by atoms with Crippen LogP contribution in [0, 0.1) is 0 Å². The number of fused-ring (bicyclic) bond motifs is 1. The van der Waals surface area contributed by atoms with E-state index in [9.17, 15) is 0 Å². The lowest BCUT2D eigenvalue weighted by molar-refractivity contribution is 0.601. The van der Waals surface area contributed by atoms with Crippen LogP contribution in [0.25, 0.3) is 11.0 Å². The lowest BCUT2D eigenvalue weighted by atomic mass is 10.0. The molecule has 0 saturated carbocycles. The molecule has 86 valence electrons. The summed E-state index contributed by atoms with van der Waals surface area (Å²) in [6, 6.07) is 9.60. The van der Waals surface area contributed by atoms with Gasteiger partial charge in [-0.2, -0.15) is 5.10 Å². The van der Waals surface area contributed by atoms with Gasteiger partial charge in [0.25, 0.3) is 0 Å². The van der Waals surface area contributed by atoms with Gasteiger partial charge in [-0.25, -0.2) is 0 Å². The van der Waals surface area contributed by atoms with Crippen LogP contribution in [0.5, 0.6) is 0 Å². The van der Waals surface area contributed by atoms with Gasteiger partial charge in [-0.1, -0.05) is 18.2 Å². The first-order chi connectivity index (χ1) is 8.27. The molecule has 4 nitrogen and oxygen atoms in total. The van der Waals surface area contributed by atoms with Crippen molar-refractivity contribution in [3.63, 3.8) is 0 Å². The second kappa shape index (κ2) is 3.75. The highest BCUT2D eigenvalue weighted by Gasteiger charge is 2.17. The van der Waals surface area contributed by atoms with E-state index in [4.69, 9.17) is 10.2 Å². The van der Waals surface area contributed by atoms with Crippen molar-refractivity contribution in [3.05, 3.63) is 54.0 Å². The minimum absolute atomic E-state index is 0.217. The van der Waals surface area contributed by atoms with Gasteiger partial charge in [0.15, 0.2) is 0 Å². The normalized spacial score (nSPS) is 13.1. The van der Waals surface area contributed by atoms with Crippen molar-refractivity contribution < 1.29 is 4.42 Å². The van der Waals surface area contributed by atoms with Crippen molar-refractivity contribution in [3.8, 4) is 0 Å². The standard InChI is InChI=1S/C13H13N3O/c1-16-11(6-7-15-16)13(14)10-8-17-12-5-3-2-4-9(10)12/h2-8,13H,14H2,1H3. The number of rotatable bonds is 2. The molecule has 0 amide bonds. The van der Waals surface area contributed by atoms with E-state index in [1.54, 1.807) is 17.1 Å². The first-order valence-electron chi connectivity index (χ1n) is 5.47. The number of furan rings is 1. The van der Waals surface area contributed by atoms with Crippen LogP contribution in [0.3, 0.4) is 0 Å². The first-order valence-corrected chi connectivity index (χ1v) is 5.47. The van der Waals surface area contributed by atoms with Crippen LogP contribution in [-0.2, 0) is 7.05 Å². The zero-order valence-corrected chi connectivity index (χ0v) is 9.50. The molecular weight excluding hydrogens is 214 g/mol. The second-order valence-electron chi connectivity index (χ2n) is 4.04. The van der Waals surface area contributed by atoms with Gasteiger partial charge < -0.3 is 10.2 Å². The van der Waals surface area contributed by atoms with Gasteiger partial charge in [-0.3, -0.25) is 4.68 Å². The highest BCUT2D eigenvalue weighted by Crippen LogP contribution is 2.28. The molecule has 0 radical (unpaired) electrons. The maximum absolute atomic E-state index is 6.25. The Morgan fingerprint density at radius 2 is 2.12 bits per heavy atom. The first kappa shape index (κ1) is 10.1. The van der Waals surface area contributed by atoms with Crippen LogP contribution in [0.15, 0.2) is 47.2 Å². The third-order valence-electron chi connectivity index (χ3n) is 3.02. The molecule has 17 heavy (non-hydrogen) atoms. The second-order valence-corrected chi connectivity index (χ2v) is 4.04. The summed E-state index contributed by atoms with van der Waals surface area (Å²) in [4.78, 5) is 0. The molecule has 2 heterocycles. The fraction of sp³-hybridized carbons (Fsp3) is 0.154. The molecule has 0 bridgehead atoms. The fourth-order valence-electron chi connectivity index (χ4n) is 2.09. The van der Waals surface area contributed by atoms with Gasteiger partial charge in [-0.15, -0.1) is 0 Å². The smallest absolute Gasteiger partial charge is 0.134 e. The van der Waals surface area contributed by atoms with Gasteiger partial charge in [-0.05, 0) is 12.1 Å². The number of benzene rings is 1. The average Bonchev–Trinajstić information content (AvgIpc) is 2.94. The van der Waals surface area contributed by atoms with E-state index < -0.39 is 0 Å². The number of aryl methyl sites for hydroxylation is 1. The van der Waals surface area contributed by atoms with E-state index >= 15 is 0 Å². The Morgan fingerprint density at radius 1 is 1.29 bits per heavy atom. The minimum atomic E-state index is -0.217. The molecule has 0 fully saturated rings. The molecule has 0 aliphatic rings. The quantitative estimate of drug-likeness (QED) is 0.730. The Kier molecular flexibility index (Phi) is 2.23. The Morgan fingerprint density at radius 3 is 2.88 bits per heavy atom. The van der Waals surface area contributed by atoms with Crippen LogP contribution in [-0.4, -0.2) is 9.78 Å². The minimum Gasteiger partial charge on any atom is -0.464 e. The lowest BCUT2D eigenvalue weighted by Gasteiger charge is -2.10. The summed E-state index contributed by atoms with van der Waals surface area (Å²) in [5.41, 5.74) is 9.07. The Balaban J connectivity index is 2.13. The highest BCUT2D eigenvalue weighted by molar-refractivity contribution is 5.81. The van der Waals surface area contributed by atoms with E-state index in [-0.39, 0.29) is 6.04 Å². The number of nitrogens with zero attached hydrogens (tertiary/aromatic N) is 2. The molecule has 0 saturated heterocycles. The number of aromatic nitrogens is 2. The monoisotopic (exact) mass is 227 g/mol. The van der Waals surface area contributed by atoms with E-state index in [0.717, 1.165) is 22.2 Å². The maximum atomic E-state index is 6.25. The van der Waals surface area contributed by atoms with Crippen LogP contribution < -0.4 is 5.73 Å². The van der Waals surface area contributed by atoms with E-state index in [1.165, 1.54) is 0 Å². The summed E-state index contributed by atoms with van der Waals surface area (Å²) in [6.07, 6.45) is 3.47. The molecule has 1 unspecified atom stereocenters. The summed E-state index contributed by atoms with van der Waals surface area (Å²) in [5.74, 6) is 0. The predicted molar refractivity (Wildman–Crippen MR) is 65.5 cm³/mol. The van der Waals surface area contributed by atoms with Gasteiger partial charge in [0.1, 0.15) is 5.58 Å². The number of hydrogen-bond acceptors (Lipinski definition) is 3. The Hall–Kier alpha value is -2.07. The summed E-state index contributed by atoms with van der Waals surface area (Å²) in [5, 5.41) is 5.19. The van der Waals surface area contributed by atoms with E-state index in [0.29, 0.717) is 0 Å². The molecule has 3 aromatic rings. The van der Waals surface area contributed by atoms with Crippen molar-refractivity contribution in [1.82, 2.24) is 9.78 Å². The van der Waals surface area contributed by atoms with Crippen molar-refractivity contribution in [2.45, 2.75) is 6.04 Å². The van der Waals surface area contributed by atoms with Crippen LogP contribution >= 0.6 is 0 Å². The van der Waals surface area contributed by atoms with Crippen molar-refractivity contribution >= 4 is 11.0 Å². The molecular formula is C13H13N3O. The Bertz CT molecular complexity index is 653. The molecule has 3 rings (SSSR count). The maximum Gasteiger partial charge on any atom is 0.134 e. The third-order valence-corrected chi connectivity index (χ3v) is 3.02. The molecule has 4 heteroatoms. The van der Waals surface area contributed by atoms with Gasteiger partial charge in [0.2, 0.25) is 0 Å². The third kappa shape index (κ3) is 1.54. The fourth-order valence-corrected chi connectivity index (χ4v) is 2.09. The molecule has 0 aliphatic carbocycles. The van der Waals surface area contributed by atoms with Crippen LogP contribution in [0.1, 0.15) is 17.3 Å². The molecule has 1 aromatic carbocycles. The van der Waals surface area contributed by atoms with Crippen molar-refractivity contribution in [2.24, 2.45) is 12.8 Å². The topological polar surface area (TPSA) is 57.0 Å². The highest BCUT2D eigenvalue weighted by atomic mass is 16.3. The summed E-state index contributed by atoms with van der Waals surface area (Å²) < 4.78 is 7.28. The number of para-hydroxylation sites is 1. The zero-order valence-electron chi connectivity index (χ0n) is 9.50. The molecule has 0 spiro atoms. The van der Waals surface area contributed by atoms with Gasteiger partial charge >= 0.3 is 0 Å². The summed E-state index contributed by atoms with van der Waals surface area (Å²) >= 11 is 0.